The van der Waals surface area contributed by atoms with Gasteiger partial charge in [-0.1, -0.05) is 0 Å². The van der Waals surface area contributed by atoms with Crippen molar-refractivity contribution in [2.75, 3.05) is 18.0 Å². The Kier molecular flexibility index (Phi) is 3.57. The molecule has 24 heavy (non-hydrogen) atoms. The van der Waals surface area contributed by atoms with Crippen molar-refractivity contribution < 1.29 is 0 Å². The molecule has 0 aromatic carbocycles. The zero-order valence-electron chi connectivity index (χ0n) is 13.6. The SMILES string of the molecule is CCn1nccc1CN1CCCC1c1nc2nc(N)nc(N)c2[nH]1. The molecule has 1 atom stereocenters. The predicted molar refractivity (Wildman–Crippen MR) is 90.8 cm³/mol. The fourth-order valence-electron chi connectivity index (χ4n) is 3.42. The first-order chi connectivity index (χ1) is 11.7. The molecule has 1 aliphatic heterocycles. The maximum atomic E-state index is 5.92. The summed E-state index contributed by atoms with van der Waals surface area (Å²) in [7, 11) is 0. The van der Waals surface area contributed by atoms with Crippen LogP contribution in [0.25, 0.3) is 11.2 Å². The van der Waals surface area contributed by atoms with Crippen molar-refractivity contribution >= 4 is 22.9 Å². The van der Waals surface area contributed by atoms with E-state index < -0.39 is 0 Å². The third-order valence-electron chi connectivity index (χ3n) is 4.56. The van der Waals surface area contributed by atoms with Crippen LogP contribution >= 0.6 is 0 Å². The monoisotopic (exact) mass is 327 g/mol. The Morgan fingerprint density at radius 3 is 3.00 bits per heavy atom. The summed E-state index contributed by atoms with van der Waals surface area (Å²) >= 11 is 0. The molecule has 0 spiro atoms. The number of nitrogens with zero attached hydrogens (tertiary/aromatic N) is 6. The Morgan fingerprint density at radius 1 is 1.29 bits per heavy atom. The number of anilines is 2. The van der Waals surface area contributed by atoms with Crippen molar-refractivity contribution in [2.24, 2.45) is 0 Å². The molecule has 0 radical (unpaired) electrons. The fourth-order valence-corrected chi connectivity index (χ4v) is 3.42. The molecule has 1 saturated heterocycles. The summed E-state index contributed by atoms with van der Waals surface area (Å²) in [5.41, 5.74) is 14.0. The number of hydrogen-bond donors (Lipinski definition) is 3. The number of aromatic amines is 1. The second-order valence-electron chi connectivity index (χ2n) is 6.05. The Hall–Kier alpha value is -2.68. The van der Waals surface area contributed by atoms with Gasteiger partial charge in [0.25, 0.3) is 0 Å². The molecule has 4 rings (SSSR count). The van der Waals surface area contributed by atoms with E-state index in [9.17, 15) is 0 Å². The third-order valence-corrected chi connectivity index (χ3v) is 4.56. The van der Waals surface area contributed by atoms with Gasteiger partial charge in [-0.05, 0) is 32.4 Å². The third kappa shape index (κ3) is 2.46. The van der Waals surface area contributed by atoms with Crippen LogP contribution in [0.5, 0.6) is 0 Å². The number of hydrogen-bond acceptors (Lipinski definition) is 7. The molecule has 3 aromatic rings. The molecule has 3 aromatic heterocycles. The highest BCUT2D eigenvalue weighted by Gasteiger charge is 2.29. The largest absolute Gasteiger partial charge is 0.382 e. The summed E-state index contributed by atoms with van der Waals surface area (Å²) in [6.07, 6.45) is 4.03. The van der Waals surface area contributed by atoms with Gasteiger partial charge < -0.3 is 16.5 Å². The Bertz CT molecular complexity index is 865. The quantitative estimate of drug-likeness (QED) is 0.654. The number of rotatable bonds is 4. The molecule has 1 unspecified atom stereocenters. The van der Waals surface area contributed by atoms with Gasteiger partial charge in [-0.25, -0.2) is 4.98 Å². The first kappa shape index (κ1) is 14.9. The zero-order valence-corrected chi connectivity index (χ0v) is 13.6. The van der Waals surface area contributed by atoms with Crippen LogP contribution in [0.4, 0.5) is 11.8 Å². The molecule has 9 heteroatoms. The molecule has 5 N–H and O–H groups in total. The van der Waals surface area contributed by atoms with Crippen LogP contribution in [0.15, 0.2) is 12.3 Å². The number of aromatic nitrogens is 6. The normalized spacial score (nSPS) is 18.6. The van der Waals surface area contributed by atoms with E-state index in [4.69, 9.17) is 11.5 Å². The molecule has 1 aliphatic rings. The van der Waals surface area contributed by atoms with Crippen LogP contribution in [-0.2, 0) is 13.1 Å². The number of nitrogen functional groups attached to an aromatic ring is 2. The van der Waals surface area contributed by atoms with E-state index >= 15 is 0 Å². The smallest absolute Gasteiger partial charge is 0.224 e. The number of likely N-dealkylation sites (tertiary alicyclic amines) is 1. The second-order valence-corrected chi connectivity index (χ2v) is 6.05. The average Bonchev–Trinajstić information content (AvgIpc) is 3.26. The first-order valence-electron chi connectivity index (χ1n) is 8.19. The number of H-pyrrole nitrogens is 1. The van der Waals surface area contributed by atoms with Gasteiger partial charge in [-0.2, -0.15) is 15.1 Å². The molecule has 4 heterocycles. The summed E-state index contributed by atoms with van der Waals surface area (Å²) in [6, 6.07) is 2.28. The molecular formula is C15H21N9. The van der Waals surface area contributed by atoms with Crippen LogP contribution in [0.3, 0.4) is 0 Å². The van der Waals surface area contributed by atoms with Crippen molar-refractivity contribution in [1.82, 2.24) is 34.6 Å². The fraction of sp³-hybridized carbons (Fsp3) is 0.467. The summed E-state index contributed by atoms with van der Waals surface area (Å²) in [5.74, 6) is 1.36. The van der Waals surface area contributed by atoms with E-state index in [0.29, 0.717) is 17.0 Å². The Labute approximate surface area is 139 Å². The molecule has 0 aliphatic carbocycles. The lowest BCUT2D eigenvalue weighted by Crippen LogP contribution is -2.25. The van der Waals surface area contributed by atoms with E-state index in [1.165, 1.54) is 5.69 Å². The van der Waals surface area contributed by atoms with Crippen molar-refractivity contribution in [3.05, 3.63) is 23.8 Å². The minimum atomic E-state index is 0.146. The highest BCUT2D eigenvalue weighted by molar-refractivity contribution is 5.82. The topological polar surface area (TPSA) is 128 Å². The van der Waals surface area contributed by atoms with Gasteiger partial charge in [-0.3, -0.25) is 9.58 Å². The summed E-state index contributed by atoms with van der Waals surface area (Å²) in [6.45, 7) is 4.85. The molecule has 0 bridgehead atoms. The van der Waals surface area contributed by atoms with Gasteiger partial charge in [-0.15, -0.1) is 0 Å². The first-order valence-corrected chi connectivity index (χ1v) is 8.19. The van der Waals surface area contributed by atoms with Crippen molar-refractivity contribution in [1.29, 1.82) is 0 Å². The van der Waals surface area contributed by atoms with E-state index in [1.54, 1.807) is 0 Å². The lowest BCUT2D eigenvalue weighted by molar-refractivity contribution is 0.234. The predicted octanol–water partition coefficient (Wildman–Crippen LogP) is 1.07. The Morgan fingerprint density at radius 2 is 2.17 bits per heavy atom. The van der Waals surface area contributed by atoms with Crippen LogP contribution in [0.1, 0.15) is 37.3 Å². The van der Waals surface area contributed by atoms with Gasteiger partial charge in [0.05, 0.1) is 11.7 Å². The minimum Gasteiger partial charge on any atom is -0.382 e. The van der Waals surface area contributed by atoms with E-state index in [1.807, 2.05) is 10.9 Å². The molecular weight excluding hydrogens is 306 g/mol. The molecule has 126 valence electrons. The number of fused-ring (bicyclic) bond motifs is 1. The lowest BCUT2D eigenvalue weighted by Gasteiger charge is -2.22. The molecule has 1 fully saturated rings. The molecule has 9 nitrogen and oxygen atoms in total. The minimum absolute atomic E-state index is 0.146. The number of imidazole rings is 1. The van der Waals surface area contributed by atoms with Crippen LogP contribution in [0.2, 0.25) is 0 Å². The average molecular weight is 327 g/mol. The van der Waals surface area contributed by atoms with Crippen molar-refractivity contribution in [2.45, 2.75) is 38.9 Å². The lowest BCUT2D eigenvalue weighted by atomic mass is 10.2. The molecule has 0 amide bonds. The van der Waals surface area contributed by atoms with Gasteiger partial charge in [0, 0.05) is 19.3 Å². The van der Waals surface area contributed by atoms with E-state index in [2.05, 4.69) is 42.9 Å². The van der Waals surface area contributed by atoms with E-state index in [0.717, 1.165) is 38.3 Å². The highest BCUT2D eigenvalue weighted by Crippen LogP contribution is 2.33. The molecule has 0 saturated carbocycles. The summed E-state index contributed by atoms with van der Waals surface area (Å²) in [5, 5.41) is 4.35. The maximum Gasteiger partial charge on any atom is 0.224 e. The van der Waals surface area contributed by atoms with Crippen molar-refractivity contribution in [3.8, 4) is 0 Å². The van der Waals surface area contributed by atoms with Gasteiger partial charge in [0.15, 0.2) is 11.5 Å². The van der Waals surface area contributed by atoms with Gasteiger partial charge in [0.2, 0.25) is 5.95 Å². The van der Waals surface area contributed by atoms with E-state index in [-0.39, 0.29) is 12.0 Å². The zero-order chi connectivity index (χ0) is 16.7. The van der Waals surface area contributed by atoms with Crippen LogP contribution in [0, 0.1) is 0 Å². The number of aryl methyl sites for hydroxylation is 1. The maximum absolute atomic E-state index is 5.92. The standard InChI is InChI=1S/C15H21N9/c1-2-24-9(5-6-18-24)8-23-7-3-4-10(23)13-19-11-12(16)20-15(17)22-14(11)21-13/h5-6,10H,2-4,7-8H2,1H3,(H5,16,17,19,20,21,22). The number of nitrogens with two attached hydrogens (primary N) is 2. The van der Waals surface area contributed by atoms with Crippen LogP contribution in [-0.4, -0.2) is 41.2 Å². The second kappa shape index (κ2) is 5.75. The van der Waals surface area contributed by atoms with Gasteiger partial charge >= 0.3 is 0 Å². The number of nitrogens with one attached hydrogen (secondary N) is 1. The van der Waals surface area contributed by atoms with Crippen LogP contribution < -0.4 is 11.5 Å². The Balaban J connectivity index is 1.64. The summed E-state index contributed by atoms with van der Waals surface area (Å²) in [4.78, 5) is 18.5. The summed E-state index contributed by atoms with van der Waals surface area (Å²) < 4.78 is 2.03. The highest BCUT2D eigenvalue weighted by atomic mass is 15.3. The van der Waals surface area contributed by atoms with Crippen molar-refractivity contribution in [3.63, 3.8) is 0 Å². The van der Waals surface area contributed by atoms with Gasteiger partial charge in [0.1, 0.15) is 11.3 Å².